The molecule has 4 saturated carbocycles. The van der Waals surface area contributed by atoms with E-state index in [1.54, 1.807) is 0 Å². The van der Waals surface area contributed by atoms with Gasteiger partial charge in [-0.3, -0.25) is 9.59 Å². The molecule has 4 bridgehead atoms. The SMILES string of the molecule is CC(=O)CC(=O)OC12CC3CC(CC(C3)C1)C2. The van der Waals surface area contributed by atoms with Gasteiger partial charge in [0.25, 0.3) is 0 Å². The zero-order valence-corrected chi connectivity index (χ0v) is 10.4. The van der Waals surface area contributed by atoms with Gasteiger partial charge in [0.05, 0.1) is 0 Å². The summed E-state index contributed by atoms with van der Waals surface area (Å²) < 4.78 is 5.70. The molecule has 0 aromatic heterocycles. The van der Waals surface area contributed by atoms with Gasteiger partial charge in [0.2, 0.25) is 0 Å². The van der Waals surface area contributed by atoms with Crippen molar-refractivity contribution < 1.29 is 14.3 Å². The molecule has 0 unspecified atom stereocenters. The number of Topliss-reactive ketones (excluding diaryl/α,β-unsaturated/α-hetero) is 1. The fourth-order valence-electron chi connectivity index (χ4n) is 4.64. The van der Waals surface area contributed by atoms with Gasteiger partial charge in [-0.2, -0.15) is 0 Å². The van der Waals surface area contributed by atoms with Crippen molar-refractivity contribution in [3.8, 4) is 0 Å². The summed E-state index contributed by atoms with van der Waals surface area (Å²) in [6.07, 6.45) is 7.09. The van der Waals surface area contributed by atoms with Gasteiger partial charge in [-0.15, -0.1) is 0 Å². The van der Waals surface area contributed by atoms with Crippen LogP contribution >= 0.6 is 0 Å². The van der Waals surface area contributed by atoms with Crippen molar-refractivity contribution in [2.75, 3.05) is 0 Å². The molecule has 0 heterocycles. The van der Waals surface area contributed by atoms with Gasteiger partial charge < -0.3 is 4.74 Å². The van der Waals surface area contributed by atoms with Crippen molar-refractivity contribution >= 4 is 11.8 Å². The predicted octanol–water partition coefficient (Wildman–Crippen LogP) is 2.48. The molecule has 17 heavy (non-hydrogen) atoms. The molecule has 0 aliphatic heterocycles. The Bertz CT molecular complexity index is 323. The number of ether oxygens (including phenoxy) is 1. The van der Waals surface area contributed by atoms with Gasteiger partial charge >= 0.3 is 5.97 Å². The quantitative estimate of drug-likeness (QED) is 0.558. The van der Waals surface area contributed by atoms with E-state index in [1.165, 1.54) is 26.2 Å². The topological polar surface area (TPSA) is 43.4 Å². The van der Waals surface area contributed by atoms with E-state index in [4.69, 9.17) is 4.74 Å². The second kappa shape index (κ2) is 3.82. The molecule has 4 fully saturated rings. The first-order chi connectivity index (χ1) is 8.05. The summed E-state index contributed by atoms with van der Waals surface area (Å²) in [6, 6.07) is 0. The first-order valence-electron chi connectivity index (χ1n) is 6.76. The first kappa shape index (κ1) is 11.2. The van der Waals surface area contributed by atoms with E-state index in [0.717, 1.165) is 37.0 Å². The lowest BCUT2D eigenvalue weighted by Gasteiger charge is -2.55. The summed E-state index contributed by atoms with van der Waals surface area (Å²) in [5, 5.41) is 0. The van der Waals surface area contributed by atoms with E-state index in [9.17, 15) is 9.59 Å². The molecule has 0 atom stereocenters. The van der Waals surface area contributed by atoms with E-state index in [2.05, 4.69) is 0 Å². The number of ketones is 1. The Hall–Kier alpha value is -0.860. The summed E-state index contributed by atoms with van der Waals surface area (Å²) in [6.45, 7) is 1.45. The molecule has 3 heteroatoms. The van der Waals surface area contributed by atoms with Crippen LogP contribution in [0.15, 0.2) is 0 Å². The summed E-state index contributed by atoms with van der Waals surface area (Å²) in [7, 11) is 0. The standard InChI is InChI=1S/C14H20O3/c1-9(15)2-13(16)17-14-6-10-3-11(7-14)5-12(4-10)8-14/h10-12H,2-8H2,1H3. The molecule has 94 valence electrons. The highest BCUT2D eigenvalue weighted by atomic mass is 16.6. The fraction of sp³-hybridized carbons (Fsp3) is 0.857. The fourth-order valence-corrected chi connectivity index (χ4v) is 4.64. The molecule has 0 amide bonds. The second-order valence-corrected chi connectivity index (χ2v) is 6.45. The van der Waals surface area contributed by atoms with Gasteiger partial charge in [-0.1, -0.05) is 0 Å². The van der Waals surface area contributed by atoms with Crippen LogP contribution in [-0.4, -0.2) is 17.4 Å². The predicted molar refractivity (Wildman–Crippen MR) is 62.3 cm³/mol. The van der Waals surface area contributed by atoms with Crippen LogP contribution in [0.1, 0.15) is 51.9 Å². The maximum atomic E-state index is 11.7. The number of carbonyl (C=O) groups is 2. The minimum atomic E-state index is -0.306. The Morgan fingerprint density at radius 1 is 1.06 bits per heavy atom. The molecular formula is C14H20O3. The highest BCUT2D eigenvalue weighted by Crippen LogP contribution is 2.57. The maximum Gasteiger partial charge on any atom is 0.313 e. The van der Waals surface area contributed by atoms with Crippen molar-refractivity contribution in [2.24, 2.45) is 17.8 Å². The average molecular weight is 236 g/mol. The van der Waals surface area contributed by atoms with E-state index >= 15 is 0 Å². The molecule has 3 nitrogen and oxygen atoms in total. The van der Waals surface area contributed by atoms with E-state index in [-0.39, 0.29) is 23.8 Å². The molecule has 4 rings (SSSR count). The number of rotatable bonds is 3. The van der Waals surface area contributed by atoms with Gasteiger partial charge in [-0.05, 0) is 63.2 Å². The molecule has 0 radical (unpaired) electrons. The lowest BCUT2D eigenvalue weighted by molar-refractivity contribution is -0.186. The van der Waals surface area contributed by atoms with Gasteiger partial charge in [-0.25, -0.2) is 0 Å². The van der Waals surface area contributed by atoms with Crippen molar-refractivity contribution in [1.82, 2.24) is 0 Å². The zero-order valence-electron chi connectivity index (χ0n) is 10.4. The highest BCUT2D eigenvalue weighted by Gasteiger charge is 2.53. The largest absolute Gasteiger partial charge is 0.459 e. The van der Waals surface area contributed by atoms with Crippen LogP contribution in [0.2, 0.25) is 0 Å². The smallest absolute Gasteiger partial charge is 0.313 e. The Morgan fingerprint density at radius 3 is 1.94 bits per heavy atom. The molecule has 0 spiro atoms. The summed E-state index contributed by atoms with van der Waals surface area (Å²) in [5.41, 5.74) is -0.193. The van der Waals surface area contributed by atoms with Crippen LogP contribution in [0.5, 0.6) is 0 Å². The molecule has 4 aliphatic carbocycles. The Kier molecular flexibility index (Phi) is 2.53. The molecule has 0 N–H and O–H groups in total. The third-order valence-electron chi connectivity index (χ3n) is 4.71. The van der Waals surface area contributed by atoms with E-state index in [1.807, 2.05) is 0 Å². The summed E-state index contributed by atoms with van der Waals surface area (Å²) >= 11 is 0. The first-order valence-corrected chi connectivity index (χ1v) is 6.76. The van der Waals surface area contributed by atoms with Crippen LogP contribution in [-0.2, 0) is 14.3 Å². The number of carbonyl (C=O) groups excluding carboxylic acids is 2. The molecule has 4 aliphatic rings. The van der Waals surface area contributed by atoms with Gasteiger partial charge in [0, 0.05) is 0 Å². The molecule has 0 aromatic carbocycles. The zero-order chi connectivity index (χ0) is 12.0. The van der Waals surface area contributed by atoms with Crippen LogP contribution in [0.4, 0.5) is 0 Å². The Labute approximate surface area is 102 Å². The number of hydrogen-bond donors (Lipinski definition) is 0. The van der Waals surface area contributed by atoms with Crippen molar-refractivity contribution in [3.05, 3.63) is 0 Å². The van der Waals surface area contributed by atoms with Crippen molar-refractivity contribution in [2.45, 2.75) is 57.5 Å². The van der Waals surface area contributed by atoms with Gasteiger partial charge in [0.1, 0.15) is 17.8 Å². The normalized spacial score (nSPS) is 42.5. The number of esters is 1. The van der Waals surface area contributed by atoms with Gasteiger partial charge in [0.15, 0.2) is 0 Å². The second-order valence-electron chi connectivity index (χ2n) is 6.45. The van der Waals surface area contributed by atoms with Crippen molar-refractivity contribution in [3.63, 3.8) is 0 Å². The molecule has 0 aromatic rings. The Balaban J connectivity index is 1.70. The van der Waals surface area contributed by atoms with E-state index in [0.29, 0.717) is 0 Å². The third kappa shape index (κ3) is 2.12. The maximum absolute atomic E-state index is 11.7. The summed E-state index contributed by atoms with van der Waals surface area (Å²) in [4.78, 5) is 22.6. The molecular weight excluding hydrogens is 216 g/mol. The van der Waals surface area contributed by atoms with Crippen LogP contribution in [0, 0.1) is 17.8 Å². The average Bonchev–Trinajstić information content (AvgIpc) is 2.11. The third-order valence-corrected chi connectivity index (χ3v) is 4.71. The molecule has 0 saturated heterocycles. The van der Waals surface area contributed by atoms with E-state index < -0.39 is 0 Å². The minimum Gasteiger partial charge on any atom is -0.459 e. The van der Waals surface area contributed by atoms with Crippen LogP contribution in [0.3, 0.4) is 0 Å². The monoisotopic (exact) mass is 236 g/mol. The number of hydrogen-bond acceptors (Lipinski definition) is 3. The van der Waals surface area contributed by atoms with Crippen molar-refractivity contribution in [1.29, 1.82) is 0 Å². The Morgan fingerprint density at radius 2 is 1.53 bits per heavy atom. The van der Waals surface area contributed by atoms with Crippen LogP contribution in [0.25, 0.3) is 0 Å². The lowest BCUT2D eigenvalue weighted by atomic mass is 9.54. The highest BCUT2D eigenvalue weighted by molar-refractivity contribution is 5.94. The minimum absolute atomic E-state index is 0.0538. The lowest BCUT2D eigenvalue weighted by Crippen LogP contribution is -2.52. The summed E-state index contributed by atoms with van der Waals surface area (Å²) in [5.74, 6) is 1.91. The van der Waals surface area contributed by atoms with Crippen LogP contribution < -0.4 is 0 Å².